The zero-order valence-corrected chi connectivity index (χ0v) is 21.5. The minimum absolute atomic E-state index is 0.00305. The summed E-state index contributed by atoms with van der Waals surface area (Å²) in [6, 6.07) is 0. The smallest absolute Gasteiger partial charge is 0.407 e. The van der Waals surface area contributed by atoms with Crippen LogP contribution in [0.25, 0.3) is 0 Å². The second-order valence-electron chi connectivity index (χ2n) is 10.3. The van der Waals surface area contributed by atoms with Crippen LogP contribution in [0.15, 0.2) is 11.6 Å². The standard InChI is InChI=1S/C25H42FN3O6/c1-17(2)9-10-19-24(3,35-19)22-21(32-4)18(11-12-25(22)16-33-25)34-23(31)28-14-8-6-5-7-13-27-20(30)15-29-26/h9,18-19,21-22,29H,5-8,10-16H2,1-4H3,(H,27,30)(H,28,31)/t18?,19-,21?,22?,24+,25?/m1/s1. The monoisotopic (exact) mass is 499 g/mol. The van der Waals surface area contributed by atoms with E-state index < -0.39 is 6.09 Å². The average Bonchev–Trinajstić information content (AvgIpc) is 3.72. The van der Waals surface area contributed by atoms with Crippen molar-refractivity contribution < 1.29 is 33.0 Å². The van der Waals surface area contributed by atoms with Crippen LogP contribution in [-0.2, 0) is 23.7 Å². The highest BCUT2D eigenvalue weighted by Crippen LogP contribution is 2.59. The van der Waals surface area contributed by atoms with Gasteiger partial charge in [-0.15, -0.1) is 10.0 Å². The molecule has 2 aliphatic heterocycles. The largest absolute Gasteiger partial charge is 0.443 e. The Morgan fingerprint density at radius 1 is 1.14 bits per heavy atom. The number of epoxide rings is 2. The number of rotatable bonds is 14. The van der Waals surface area contributed by atoms with Crippen LogP contribution in [0.5, 0.6) is 0 Å². The van der Waals surface area contributed by atoms with E-state index in [1.165, 1.54) is 11.1 Å². The SMILES string of the molecule is COC1C(OC(=O)NCCCCCCNC(=O)CNF)CCC2(CO2)C1[C@@]1(C)O[C@@H]1CC=C(C)C. The summed E-state index contributed by atoms with van der Waals surface area (Å²) in [7, 11) is 1.67. The number of allylic oxidation sites excluding steroid dienone is 1. The summed E-state index contributed by atoms with van der Waals surface area (Å²) >= 11 is 0. The summed E-state index contributed by atoms with van der Waals surface area (Å²) < 4.78 is 35.7. The Labute approximate surface area is 207 Å². The zero-order chi connectivity index (χ0) is 25.5. The Balaban J connectivity index is 1.40. The highest BCUT2D eigenvalue weighted by Gasteiger charge is 2.72. The van der Waals surface area contributed by atoms with Crippen molar-refractivity contribution in [1.82, 2.24) is 16.2 Å². The van der Waals surface area contributed by atoms with Crippen LogP contribution in [0.1, 0.15) is 65.7 Å². The molecule has 1 aliphatic carbocycles. The first-order valence-corrected chi connectivity index (χ1v) is 12.8. The first-order valence-electron chi connectivity index (χ1n) is 12.8. The molecule has 0 bridgehead atoms. The number of halogens is 1. The van der Waals surface area contributed by atoms with Crippen molar-refractivity contribution in [2.75, 3.05) is 33.4 Å². The van der Waals surface area contributed by atoms with Gasteiger partial charge in [0, 0.05) is 20.2 Å². The van der Waals surface area contributed by atoms with Crippen molar-refractivity contribution in [2.24, 2.45) is 5.92 Å². The molecule has 1 spiro atoms. The molecule has 3 aliphatic rings. The fraction of sp³-hybridized carbons (Fsp3) is 0.840. The summed E-state index contributed by atoms with van der Waals surface area (Å²) in [4.78, 5) is 23.6. The predicted molar refractivity (Wildman–Crippen MR) is 128 cm³/mol. The maximum Gasteiger partial charge on any atom is 0.407 e. The van der Waals surface area contributed by atoms with Gasteiger partial charge < -0.3 is 29.6 Å². The molecule has 2 amide bonds. The number of nitrogens with one attached hydrogen (secondary N) is 3. The maximum atomic E-state index is 12.5. The molecule has 10 heteroatoms. The lowest BCUT2D eigenvalue weighted by atomic mass is 9.68. The molecule has 9 nitrogen and oxygen atoms in total. The van der Waals surface area contributed by atoms with E-state index in [2.05, 4.69) is 37.5 Å². The van der Waals surface area contributed by atoms with Crippen LogP contribution >= 0.6 is 0 Å². The molecule has 0 aromatic carbocycles. The number of methoxy groups -OCH3 is 1. The molecular formula is C25H42FN3O6. The lowest BCUT2D eigenvalue weighted by Crippen LogP contribution is -2.56. The van der Waals surface area contributed by atoms with E-state index in [0.29, 0.717) is 26.1 Å². The third-order valence-electron chi connectivity index (χ3n) is 7.42. The Morgan fingerprint density at radius 2 is 1.83 bits per heavy atom. The van der Waals surface area contributed by atoms with Crippen LogP contribution in [0.3, 0.4) is 0 Å². The first kappa shape index (κ1) is 27.8. The second kappa shape index (κ2) is 12.5. The van der Waals surface area contributed by atoms with Crippen LogP contribution in [0.4, 0.5) is 9.28 Å². The summed E-state index contributed by atoms with van der Waals surface area (Å²) in [5.41, 5.74) is 1.99. The second-order valence-corrected chi connectivity index (χ2v) is 10.3. The van der Waals surface area contributed by atoms with Crippen molar-refractivity contribution in [1.29, 1.82) is 0 Å². The number of ether oxygens (including phenoxy) is 4. The average molecular weight is 500 g/mol. The van der Waals surface area contributed by atoms with E-state index >= 15 is 0 Å². The zero-order valence-electron chi connectivity index (χ0n) is 21.5. The minimum Gasteiger partial charge on any atom is -0.443 e. The highest BCUT2D eigenvalue weighted by molar-refractivity contribution is 5.77. The van der Waals surface area contributed by atoms with Crippen LogP contribution < -0.4 is 16.2 Å². The third kappa shape index (κ3) is 7.38. The van der Waals surface area contributed by atoms with Crippen LogP contribution in [-0.4, -0.2) is 74.9 Å². The summed E-state index contributed by atoms with van der Waals surface area (Å²) in [6.45, 7) is 7.70. The van der Waals surface area contributed by atoms with Gasteiger partial charge in [0.1, 0.15) is 30.0 Å². The summed E-state index contributed by atoms with van der Waals surface area (Å²) in [5, 5.41) is 5.47. The topological polar surface area (TPSA) is 114 Å². The van der Waals surface area contributed by atoms with Crippen molar-refractivity contribution in [3.8, 4) is 0 Å². The lowest BCUT2D eigenvalue weighted by Gasteiger charge is -2.42. The molecular weight excluding hydrogens is 457 g/mol. The summed E-state index contributed by atoms with van der Waals surface area (Å²) in [5.74, 6) is -0.357. The van der Waals surface area contributed by atoms with Crippen molar-refractivity contribution in [2.45, 2.75) is 95.2 Å². The van der Waals surface area contributed by atoms with Gasteiger partial charge in [0.15, 0.2) is 0 Å². The number of amides is 2. The predicted octanol–water partition coefficient (Wildman–Crippen LogP) is 2.94. The number of carbonyl (C=O) groups excluding carboxylic acids is 2. The molecule has 3 rings (SSSR count). The summed E-state index contributed by atoms with van der Waals surface area (Å²) in [6.07, 6.45) is 7.04. The first-order chi connectivity index (χ1) is 16.8. The molecule has 1 saturated carbocycles. The molecule has 0 aromatic rings. The normalized spacial score (nSPS) is 33.2. The van der Waals surface area contributed by atoms with Gasteiger partial charge in [-0.2, -0.15) is 0 Å². The minimum atomic E-state index is -0.433. The van der Waals surface area contributed by atoms with Crippen LogP contribution in [0, 0.1) is 5.92 Å². The van der Waals surface area contributed by atoms with Gasteiger partial charge in [-0.25, -0.2) is 4.79 Å². The van der Waals surface area contributed by atoms with Gasteiger partial charge in [-0.1, -0.05) is 24.5 Å². The molecule has 3 N–H and O–H groups in total. The Kier molecular flexibility index (Phi) is 9.92. The van der Waals surface area contributed by atoms with Crippen molar-refractivity contribution in [3.05, 3.63) is 11.6 Å². The Morgan fingerprint density at radius 3 is 2.43 bits per heavy atom. The van der Waals surface area contributed by atoms with E-state index in [0.717, 1.165) is 38.5 Å². The molecule has 2 saturated heterocycles. The number of unbranched alkanes of at least 4 members (excludes halogenated alkanes) is 3. The van der Waals surface area contributed by atoms with E-state index in [4.69, 9.17) is 18.9 Å². The number of hydrogen-bond donors (Lipinski definition) is 3. The van der Waals surface area contributed by atoms with E-state index in [1.54, 1.807) is 7.11 Å². The number of carbonyl (C=O) groups is 2. The van der Waals surface area contributed by atoms with Crippen molar-refractivity contribution in [3.63, 3.8) is 0 Å². The molecule has 35 heavy (non-hydrogen) atoms. The fourth-order valence-electron chi connectivity index (χ4n) is 5.39. The molecule has 2 heterocycles. The van der Waals surface area contributed by atoms with Gasteiger partial charge in [0.05, 0.1) is 18.6 Å². The molecule has 3 fully saturated rings. The number of alkyl carbamates (subject to hydrolysis) is 1. The maximum absolute atomic E-state index is 12.5. The van der Waals surface area contributed by atoms with Gasteiger partial charge >= 0.3 is 6.09 Å². The van der Waals surface area contributed by atoms with Gasteiger partial charge in [-0.3, -0.25) is 4.79 Å². The Bertz CT molecular complexity index is 757. The molecule has 6 atom stereocenters. The lowest BCUT2D eigenvalue weighted by molar-refractivity contribution is -0.120. The Hall–Kier alpha value is -1.75. The van der Waals surface area contributed by atoms with Gasteiger partial charge in [-0.05, 0) is 52.9 Å². The third-order valence-corrected chi connectivity index (χ3v) is 7.42. The van der Waals surface area contributed by atoms with E-state index in [1.807, 2.05) is 0 Å². The molecule has 0 radical (unpaired) electrons. The van der Waals surface area contributed by atoms with Crippen LogP contribution in [0.2, 0.25) is 0 Å². The van der Waals surface area contributed by atoms with Gasteiger partial charge in [0.25, 0.3) is 0 Å². The molecule has 0 aromatic heterocycles. The quantitative estimate of drug-likeness (QED) is 0.146. The highest BCUT2D eigenvalue weighted by atomic mass is 19.2. The van der Waals surface area contributed by atoms with Gasteiger partial charge in [0.2, 0.25) is 5.91 Å². The van der Waals surface area contributed by atoms with Crippen molar-refractivity contribution >= 4 is 12.0 Å². The van der Waals surface area contributed by atoms with E-state index in [9.17, 15) is 14.1 Å². The molecule has 4 unspecified atom stereocenters. The number of hydrogen-bond acceptors (Lipinski definition) is 7. The molecule has 200 valence electrons. The fourth-order valence-corrected chi connectivity index (χ4v) is 5.39. The van der Waals surface area contributed by atoms with E-state index in [-0.39, 0.29) is 47.9 Å².